The summed E-state index contributed by atoms with van der Waals surface area (Å²) in [4.78, 5) is 13.8. The summed E-state index contributed by atoms with van der Waals surface area (Å²) < 4.78 is 1.33. The zero-order valence-corrected chi connectivity index (χ0v) is 17.8. The van der Waals surface area contributed by atoms with E-state index in [2.05, 4.69) is 51.8 Å². The average Bonchev–Trinajstić information content (AvgIpc) is 3.38. The van der Waals surface area contributed by atoms with Gasteiger partial charge in [-0.2, -0.15) is 0 Å². The Kier molecular flexibility index (Phi) is 6.88. The third kappa shape index (κ3) is 4.12. The van der Waals surface area contributed by atoms with Gasteiger partial charge in [-0.25, -0.2) is 0 Å². The van der Waals surface area contributed by atoms with Crippen LogP contribution in [0.3, 0.4) is 0 Å². The Hall–Kier alpha value is -2.59. The molecule has 0 saturated carbocycles. The molecule has 1 aromatic heterocycles. The summed E-state index contributed by atoms with van der Waals surface area (Å²) in [6, 6.07) is 8.83. The fraction of sp³-hybridized carbons (Fsp3) is 0.292. The quantitative estimate of drug-likeness (QED) is 0.528. The minimum absolute atomic E-state index is 0.182. The van der Waals surface area contributed by atoms with Crippen LogP contribution in [0.5, 0.6) is 0 Å². The van der Waals surface area contributed by atoms with E-state index >= 15 is 0 Å². The molecule has 28 heavy (non-hydrogen) atoms. The van der Waals surface area contributed by atoms with Crippen LogP contribution in [0.2, 0.25) is 0 Å². The maximum absolute atomic E-state index is 4.72. The standard InChI is InChI=1S/C22H21N3S.C2H6/c1-3-16(13-23-4-2)19-14-25-22-18(19)7-9-24-20(22)12-15-5-6-21-17(11-15)8-10-26-21;1-2/h3,5-11,13-14,18H,4,12H2,1-2H3;1-2H3/b16-3+,23-13?;. The van der Waals surface area contributed by atoms with E-state index in [-0.39, 0.29) is 5.92 Å². The Balaban J connectivity index is 0.00000109. The van der Waals surface area contributed by atoms with Crippen molar-refractivity contribution in [3.05, 3.63) is 70.9 Å². The molecule has 4 heteroatoms. The number of benzene rings is 1. The van der Waals surface area contributed by atoms with Crippen molar-refractivity contribution in [2.75, 3.05) is 6.54 Å². The molecule has 0 fully saturated rings. The van der Waals surface area contributed by atoms with E-state index in [9.17, 15) is 0 Å². The average molecular weight is 390 g/mol. The summed E-state index contributed by atoms with van der Waals surface area (Å²) in [6.45, 7) is 8.88. The van der Waals surface area contributed by atoms with Gasteiger partial charge >= 0.3 is 0 Å². The second-order valence-corrected chi connectivity index (χ2v) is 7.28. The molecule has 1 aromatic carbocycles. The molecule has 0 aliphatic carbocycles. The van der Waals surface area contributed by atoms with Gasteiger partial charge in [0.15, 0.2) is 0 Å². The lowest BCUT2D eigenvalue weighted by Gasteiger charge is -2.19. The first-order chi connectivity index (χ1) is 13.8. The van der Waals surface area contributed by atoms with Crippen molar-refractivity contribution in [3.63, 3.8) is 0 Å². The highest BCUT2D eigenvalue weighted by atomic mass is 32.1. The van der Waals surface area contributed by atoms with Crippen LogP contribution in [-0.2, 0) is 6.42 Å². The van der Waals surface area contributed by atoms with E-state index in [1.807, 2.05) is 46.3 Å². The molecule has 3 nitrogen and oxygen atoms in total. The van der Waals surface area contributed by atoms with Gasteiger partial charge in [0.25, 0.3) is 0 Å². The van der Waals surface area contributed by atoms with Gasteiger partial charge in [-0.15, -0.1) is 11.3 Å². The predicted molar refractivity (Wildman–Crippen MR) is 125 cm³/mol. The smallest absolute Gasteiger partial charge is 0.0735 e. The number of rotatable bonds is 5. The summed E-state index contributed by atoms with van der Waals surface area (Å²) in [5, 5.41) is 3.44. The molecule has 1 unspecified atom stereocenters. The highest BCUT2D eigenvalue weighted by Gasteiger charge is 2.29. The minimum Gasteiger partial charge on any atom is -0.293 e. The Bertz CT molecular complexity index is 1020. The van der Waals surface area contributed by atoms with Gasteiger partial charge < -0.3 is 0 Å². The van der Waals surface area contributed by atoms with Crippen LogP contribution < -0.4 is 0 Å². The van der Waals surface area contributed by atoms with Crippen molar-refractivity contribution in [3.8, 4) is 0 Å². The van der Waals surface area contributed by atoms with Gasteiger partial charge in [0.05, 0.1) is 17.3 Å². The normalized spacial score (nSPS) is 18.5. The fourth-order valence-corrected chi connectivity index (χ4v) is 4.17. The molecule has 2 aliphatic heterocycles. The maximum Gasteiger partial charge on any atom is 0.0735 e. The lowest BCUT2D eigenvalue weighted by Crippen LogP contribution is -2.26. The molecule has 4 rings (SSSR count). The van der Waals surface area contributed by atoms with Crippen molar-refractivity contribution in [1.82, 2.24) is 0 Å². The highest BCUT2D eigenvalue weighted by Crippen LogP contribution is 2.31. The van der Waals surface area contributed by atoms with Crippen molar-refractivity contribution in [2.45, 2.75) is 34.1 Å². The first kappa shape index (κ1) is 20.2. The summed E-state index contributed by atoms with van der Waals surface area (Å²) in [6.07, 6.45) is 10.9. The van der Waals surface area contributed by atoms with E-state index in [0.717, 1.165) is 30.0 Å². The Morgan fingerprint density at radius 3 is 2.86 bits per heavy atom. The maximum atomic E-state index is 4.72. The van der Waals surface area contributed by atoms with Crippen LogP contribution in [0.1, 0.15) is 33.3 Å². The van der Waals surface area contributed by atoms with Crippen LogP contribution in [-0.4, -0.2) is 24.2 Å². The van der Waals surface area contributed by atoms with Gasteiger partial charge in [-0.1, -0.05) is 32.1 Å². The van der Waals surface area contributed by atoms with Crippen LogP contribution in [0.15, 0.2) is 80.3 Å². The molecule has 0 amide bonds. The molecule has 0 spiro atoms. The molecule has 144 valence electrons. The minimum atomic E-state index is 0.182. The van der Waals surface area contributed by atoms with Crippen LogP contribution >= 0.6 is 11.3 Å². The highest BCUT2D eigenvalue weighted by molar-refractivity contribution is 7.17. The lowest BCUT2D eigenvalue weighted by molar-refractivity contribution is 1.06. The number of thiophene rings is 1. The van der Waals surface area contributed by atoms with Crippen molar-refractivity contribution in [2.24, 2.45) is 20.9 Å². The van der Waals surface area contributed by atoms with E-state index < -0.39 is 0 Å². The second kappa shape index (κ2) is 9.56. The second-order valence-electron chi connectivity index (χ2n) is 6.34. The van der Waals surface area contributed by atoms with Gasteiger partial charge in [-0.05, 0) is 59.5 Å². The number of nitrogens with zero attached hydrogens (tertiary/aromatic N) is 3. The van der Waals surface area contributed by atoms with Crippen molar-refractivity contribution in [1.29, 1.82) is 0 Å². The SMILES string of the molecule is C/C=C(\C=NCC)C1=CN=C2C(Cc3ccc4sccc4c3)=NC=CC12.CC. The summed E-state index contributed by atoms with van der Waals surface area (Å²) in [7, 11) is 0. The molecule has 0 bridgehead atoms. The number of allylic oxidation sites excluding steroid dienone is 4. The zero-order valence-electron chi connectivity index (χ0n) is 17.0. The third-order valence-corrected chi connectivity index (χ3v) is 5.62. The monoisotopic (exact) mass is 389 g/mol. The Labute approximate surface area is 171 Å². The molecule has 0 radical (unpaired) electrons. The molecule has 0 N–H and O–H groups in total. The van der Waals surface area contributed by atoms with Crippen LogP contribution in [0.25, 0.3) is 10.1 Å². The zero-order chi connectivity index (χ0) is 19.9. The summed E-state index contributed by atoms with van der Waals surface area (Å²) >= 11 is 1.78. The first-order valence-electron chi connectivity index (χ1n) is 9.94. The number of hydrogen-bond donors (Lipinski definition) is 0. The Morgan fingerprint density at radius 2 is 2.07 bits per heavy atom. The molecule has 1 atom stereocenters. The van der Waals surface area contributed by atoms with Gasteiger partial charge in [-0.3, -0.25) is 15.0 Å². The molecule has 2 aliphatic rings. The summed E-state index contributed by atoms with van der Waals surface area (Å²) in [5.74, 6) is 0.182. The number of aliphatic imine (C=N–C) groups is 3. The van der Waals surface area contributed by atoms with Crippen molar-refractivity contribution < 1.29 is 0 Å². The van der Waals surface area contributed by atoms with E-state index in [4.69, 9.17) is 4.99 Å². The lowest BCUT2D eigenvalue weighted by atomic mass is 9.86. The molecular formula is C24H27N3S. The largest absolute Gasteiger partial charge is 0.293 e. The fourth-order valence-electron chi connectivity index (χ4n) is 3.40. The predicted octanol–water partition coefficient (Wildman–Crippen LogP) is 6.43. The summed E-state index contributed by atoms with van der Waals surface area (Å²) in [5.41, 5.74) is 5.75. The number of fused-ring (bicyclic) bond motifs is 2. The van der Waals surface area contributed by atoms with Crippen LogP contribution in [0, 0.1) is 5.92 Å². The molecular weight excluding hydrogens is 362 g/mol. The molecule has 2 aromatic rings. The van der Waals surface area contributed by atoms with Crippen molar-refractivity contribution >= 4 is 39.1 Å². The number of hydrogen-bond acceptors (Lipinski definition) is 4. The van der Waals surface area contributed by atoms with Crippen LogP contribution in [0.4, 0.5) is 0 Å². The van der Waals surface area contributed by atoms with Gasteiger partial charge in [0.1, 0.15) is 0 Å². The van der Waals surface area contributed by atoms with Gasteiger partial charge in [0, 0.05) is 36.3 Å². The first-order valence-corrected chi connectivity index (χ1v) is 10.8. The molecule has 0 saturated heterocycles. The Morgan fingerprint density at radius 1 is 1.21 bits per heavy atom. The topological polar surface area (TPSA) is 37.1 Å². The van der Waals surface area contributed by atoms with Gasteiger partial charge in [0.2, 0.25) is 0 Å². The molecule has 3 heterocycles. The third-order valence-electron chi connectivity index (χ3n) is 4.72. The van der Waals surface area contributed by atoms with E-state index in [1.165, 1.54) is 21.2 Å². The van der Waals surface area contributed by atoms with E-state index in [1.54, 1.807) is 11.3 Å². The van der Waals surface area contributed by atoms with E-state index in [0.29, 0.717) is 0 Å².